The first-order valence-electron chi connectivity index (χ1n) is 7.72. The van der Waals surface area contributed by atoms with Crippen LogP contribution in [0.25, 0.3) is 0 Å². The van der Waals surface area contributed by atoms with Gasteiger partial charge in [-0.05, 0) is 27.7 Å². The first kappa shape index (κ1) is 20.6. The summed E-state index contributed by atoms with van der Waals surface area (Å²) in [5.74, 6) is 0. The monoisotopic (exact) mass is 368 g/mol. The van der Waals surface area contributed by atoms with Gasteiger partial charge in [0.15, 0.2) is 0 Å². The molecule has 0 fully saturated rings. The van der Waals surface area contributed by atoms with E-state index in [1.807, 2.05) is 0 Å². The van der Waals surface area contributed by atoms with E-state index in [2.05, 4.69) is 0 Å². The second kappa shape index (κ2) is 9.77. The standard InChI is InChI=1S/C14H26O7P2/c1-5-18-22(15,19-6-2)11-13-9-17-10-14(13)12-23(16,20-7-3)21-8-4/h9-10H,5-8,11-12H2,1-4H3. The zero-order valence-corrected chi connectivity index (χ0v) is 15.9. The lowest BCUT2D eigenvalue weighted by Gasteiger charge is -2.19. The Morgan fingerprint density at radius 1 is 0.739 bits per heavy atom. The second-order valence-electron chi connectivity index (χ2n) is 4.63. The van der Waals surface area contributed by atoms with Crippen LogP contribution in [-0.4, -0.2) is 26.4 Å². The number of hydrogen-bond donors (Lipinski definition) is 0. The third kappa shape index (κ3) is 6.54. The van der Waals surface area contributed by atoms with Crippen molar-refractivity contribution >= 4 is 15.2 Å². The van der Waals surface area contributed by atoms with Gasteiger partial charge in [0.2, 0.25) is 0 Å². The fourth-order valence-corrected chi connectivity index (χ4v) is 5.57. The van der Waals surface area contributed by atoms with Gasteiger partial charge in [0.1, 0.15) is 0 Å². The highest BCUT2D eigenvalue weighted by Crippen LogP contribution is 2.55. The summed E-state index contributed by atoms with van der Waals surface area (Å²) in [6, 6.07) is 0. The molecule has 134 valence electrons. The molecule has 7 nitrogen and oxygen atoms in total. The molecule has 1 rings (SSSR count). The molecule has 0 spiro atoms. The Morgan fingerprint density at radius 3 is 1.30 bits per heavy atom. The Labute approximate surface area is 137 Å². The van der Waals surface area contributed by atoms with Crippen molar-refractivity contribution in [3.8, 4) is 0 Å². The summed E-state index contributed by atoms with van der Waals surface area (Å²) in [5.41, 5.74) is 1.24. The molecule has 0 saturated carbocycles. The molecule has 0 aromatic carbocycles. The van der Waals surface area contributed by atoms with Crippen molar-refractivity contribution in [2.45, 2.75) is 40.0 Å². The van der Waals surface area contributed by atoms with Crippen LogP contribution in [-0.2, 0) is 39.5 Å². The van der Waals surface area contributed by atoms with Gasteiger partial charge in [0.25, 0.3) is 0 Å². The van der Waals surface area contributed by atoms with Gasteiger partial charge in [-0.15, -0.1) is 0 Å². The summed E-state index contributed by atoms with van der Waals surface area (Å²) in [7, 11) is -6.53. The minimum Gasteiger partial charge on any atom is -0.472 e. The van der Waals surface area contributed by atoms with E-state index in [-0.39, 0.29) is 38.8 Å². The number of hydrogen-bond acceptors (Lipinski definition) is 7. The number of furan rings is 1. The van der Waals surface area contributed by atoms with Crippen molar-refractivity contribution in [3.63, 3.8) is 0 Å². The molecule has 0 amide bonds. The van der Waals surface area contributed by atoms with E-state index in [0.717, 1.165) is 0 Å². The molecular weight excluding hydrogens is 342 g/mol. The van der Waals surface area contributed by atoms with Crippen molar-refractivity contribution in [2.75, 3.05) is 26.4 Å². The third-order valence-corrected chi connectivity index (χ3v) is 6.93. The van der Waals surface area contributed by atoms with E-state index in [9.17, 15) is 9.13 Å². The van der Waals surface area contributed by atoms with Crippen LogP contribution in [0.4, 0.5) is 0 Å². The molecule has 1 aromatic heterocycles. The summed E-state index contributed by atoms with van der Waals surface area (Å²) in [6.07, 6.45) is 3.03. The van der Waals surface area contributed by atoms with Gasteiger partial charge in [0.05, 0.1) is 51.3 Å². The zero-order valence-electron chi connectivity index (χ0n) is 14.1. The Morgan fingerprint density at radius 2 is 1.04 bits per heavy atom. The second-order valence-corrected chi connectivity index (χ2v) is 8.74. The van der Waals surface area contributed by atoms with E-state index in [4.69, 9.17) is 22.5 Å². The van der Waals surface area contributed by atoms with Crippen molar-refractivity contribution in [2.24, 2.45) is 0 Å². The molecule has 9 heteroatoms. The first-order chi connectivity index (χ1) is 10.9. The predicted octanol–water partition coefficient (Wildman–Crippen LogP) is 4.81. The Balaban J connectivity index is 2.94. The Bertz CT molecular complexity index is 489. The highest BCUT2D eigenvalue weighted by molar-refractivity contribution is 7.53. The molecule has 0 aliphatic heterocycles. The highest BCUT2D eigenvalue weighted by atomic mass is 31.2. The van der Waals surface area contributed by atoms with Gasteiger partial charge >= 0.3 is 15.2 Å². The van der Waals surface area contributed by atoms with Crippen LogP contribution in [0.3, 0.4) is 0 Å². The van der Waals surface area contributed by atoms with Gasteiger partial charge in [0, 0.05) is 11.1 Å². The van der Waals surface area contributed by atoms with Crippen molar-refractivity contribution in [1.82, 2.24) is 0 Å². The molecule has 0 saturated heterocycles. The van der Waals surface area contributed by atoms with Crippen LogP contribution in [0.5, 0.6) is 0 Å². The largest absolute Gasteiger partial charge is 0.472 e. The van der Waals surface area contributed by atoms with Gasteiger partial charge < -0.3 is 22.5 Å². The molecule has 0 unspecified atom stereocenters. The van der Waals surface area contributed by atoms with E-state index in [1.165, 1.54) is 12.5 Å². The first-order valence-corrected chi connectivity index (χ1v) is 11.2. The third-order valence-electron chi connectivity index (χ3n) is 2.86. The minimum atomic E-state index is -3.26. The molecular formula is C14H26O7P2. The van der Waals surface area contributed by atoms with Crippen molar-refractivity contribution in [1.29, 1.82) is 0 Å². The summed E-state index contributed by atoms with van der Waals surface area (Å²) >= 11 is 0. The maximum atomic E-state index is 12.6. The minimum absolute atomic E-state index is 0.0543. The Hall–Kier alpha value is -0.420. The number of rotatable bonds is 12. The lowest BCUT2D eigenvalue weighted by atomic mass is 10.2. The average Bonchev–Trinajstić information content (AvgIpc) is 2.86. The lowest BCUT2D eigenvalue weighted by molar-refractivity contribution is 0.217. The fraction of sp³-hybridized carbons (Fsp3) is 0.714. The normalized spacial score (nSPS) is 12.7. The topological polar surface area (TPSA) is 84.2 Å². The van der Waals surface area contributed by atoms with Gasteiger partial charge in [-0.25, -0.2) is 0 Å². The molecule has 0 atom stereocenters. The molecule has 0 bridgehead atoms. The van der Waals surface area contributed by atoms with E-state index in [1.54, 1.807) is 27.7 Å². The van der Waals surface area contributed by atoms with Crippen LogP contribution in [0.15, 0.2) is 16.9 Å². The van der Waals surface area contributed by atoms with E-state index >= 15 is 0 Å². The van der Waals surface area contributed by atoms with Crippen LogP contribution in [0, 0.1) is 0 Å². The van der Waals surface area contributed by atoms with E-state index in [0.29, 0.717) is 11.1 Å². The van der Waals surface area contributed by atoms with Crippen LogP contribution in [0.2, 0.25) is 0 Å². The highest BCUT2D eigenvalue weighted by Gasteiger charge is 2.30. The van der Waals surface area contributed by atoms with Gasteiger partial charge in [-0.2, -0.15) is 0 Å². The lowest BCUT2D eigenvalue weighted by Crippen LogP contribution is -2.02. The van der Waals surface area contributed by atoms with Crippen LogP contribution >= 0.6 is 15.2 Å². The molecule has 23 heavy (non-hydrogen) atoms. The summed E-state index contributed by atoms with van der Waals surface area (Å²) in [5, 5.41) is 0. The summed E-state index contributed by atoms with van der Waals surface area (Å²) in [4.78, 5) is 0. The predicted molar refractivity (Wildman–Crippen MR) is 87.8 cm³/mol. The maximum Gasteiger partial charge on any atom is 0.335 e. The van der Waals surface area contributed by atoms with Gasteiger partial charge in [-0.3, -0.25) is 9.13 Å². The van der Waals surface area contributed by atoms with Crippen LogP contribution in [0.1, 0.15) is 38.8 Å². The molecule has 0 aliphatic carbocycles. The molecule has 0 radical (unpaired) electrons. The maximum absolute atomic E-state index is 12.6. The summed E-state index contributed by atoms with van der Waals surface area (Å²) < 4.78 is 51.6. The van der Waals surface area contributed by atoms with Crippen LogP contribution < -0.4 is 0 Å². The quantitative estimate of drug-likeness (QED) is 0.489. The summed E-state index contributed by atoms with van der Waals surface area (Å²) in [6.45, 7) is 8.12. The fourth-order valence-electron chi connectivity index (χ4n) is 2.09. The molecule has 1 aromatic rings. The van der Waals surface area contributed by atoms with Crippen molar-refractivity contribution in [3.05, 3.63) is 23.7 Å². The molecule has 0 N–H and O–H groups in total. The molecule has 1 heterocycles. The SMILES string of the molecule is CCOP(=O)(Cc1cocc1CP(=O)(OCC)OCC)OCC. The average molecular weight is 368 g/mol. The zero-order chi connectivity index (χ0) is 17.3. The smallest absolute Gasteiger partial charge is 0.335 e. The molecule has 0 aliphatic rings. The van der Waals surface area contributed by atoms with E-state index < -0.39 is 15.2 Å². The Kier molecular flexibility index (Phi) is 8.76. The van der Waals surface area contributed by atoms with Crippen molar-refractivity contribution < 1.29 is 31.6 Å². The van der Waals surface area contributed by atoms with Gasteiger partial charge in [-0.1, -0.05) is 0 Å².